The summed E-state index contributed by atoms with van der Waals surface area (Å²) in [6, 6.07) is 13.0. The first-order valence-electron chi connectivity index (χ1n) is 6.48. The van der Waals surface area contributed by atoms with Crippen molar-refractivity contribution in [3.8, 4) is 5.75 Å². The van der Waals surface area contributed by atoms with Crippen molar-refractivity contribution in [3.05, 3.63) is 64.7 Å². The first-order chi connectivity index (χ1) is 10.1. The van der Waals surface area contributed by atoms with Gasteiger partial charge in [0, 0.05) is 11.8 Å². The van der Waals surface area contributed by atoms with Gasteiger partial charge in [0.25, 0.3) is 0 Å². The van der Waals surface area contributed by atoms with Crippen LogP contribution in [0.25, 0.3) is 6.08 Å². The number of hydrogen-bond acceptors (Lipinski definition) is 2. The van der Waals surface area contributed by atoms with E-state index in [-0.39, 0.29) is 5.91 Å². The van der Waals surface area contributed by atoms with Crippen LogP contribution in [0.2, 0.25) is 5.02 Å². The minimum absolute atomic E-state index is 0.189. The van der Waals surface area contributed by atoms with Crippen molar-refractivity contribution in [2.45, 2.75) is 6.92 Å². The fourth-order valence-electron chi connectivity index (χ4n) is 1.78. The van der Waals surface area contributed by atoms with Crippen molar-refractivity contribution in [1.82, 2.24) is 0 Å². The topological polar surface area (TPSA) is 38.3 Å². The summed E-state index contributed by atoms with van der Waals surface area (Å²) in [5.74, 6) is 0.420. The van der Waals surface area contributed by atoms with Crippen LogP contribution in [0.3, 0.4) is 0 Å². The number of rotatable bonds is 4. The minimum Gasteiger partial charge on any atom is -0.495 e. The van der Waals surface area contributed by atoms with E-state index in [1.54, 1.807) is 25.3 Å². The Hall–Kier alpha value is -2.26. The van der Waals surface area contributed by atoms with Crippen LogP contribution >= 0.6 is 11.6 Å². The largest absolute Gasteiger partial charge is 0.495 e. The number of hydrogen-bond donors (Lipinski definition) is 1. The van der Waals surface area contributed by atoms with Gasteiger partial charge in [-0.25, -0.2) is 0 Å². The molecule has 4 heteroatoms. The van der Waals surface area contributed by atoms with Crippen molar-refractivity contribution in [2.75, 3.05) is 12.4 Å². The van der Waals surface area contributed by atoms with E-state index in [1.807, 2.05) is 37.3 Å². The molecule has 2 aromatic rings. The Bertz CT molecular complexity index is 663. The van der Waals surface area contributed by atoms with Crippen molar-refractivity contribution in [1.29, 1.82) is 0 Å². The predicted molar refractivity (Wildman–Crippen MR) is 86.8 cm³/mol. The highest BCUT2D eigenvalue weighted by Gasteiger charge is 2.01. The van der Waals surface area contributed by atoms with E-state index in [9.17, 15) is 4.79 Å². The molecule has 0 heterocycles. The van der Waals surface area contributed by atoms with Gasteiger partial charge in [-0.3, -0.25) is 4.79 Å². The van der Waals surface area contributed by atoms with Crippen LogP contribution < -0.4 is 10.1 Å². The molecule has 0 saturated carbocycles. The molecule has 0 radical (unpaired) electrons. The number of halogens is 1. The molecule has 3 nitrogen and oxygen atoms in total. The lowest BCUT2D eigenvalue weighted by molar-refractivity contribution is -0.111. The average molecular weight is 302 g/mol. The highest BCUT2D eigenvalue weighted by molar-refractivity contribution is 6.32. The number of methoxy groups -OCH3 is 1. The maximum absolute atomic E-state index is 11.8. The summed E-state index contributed by atoms with van der Waals surface area (Å²) >= 11 is 6.03. The lowest BCUT2D eigenvalue weighted by atomic mass is 10.2. The van der Waals surface area contributed by atoms with Gasteiger partial charge in [-0.2, -0.15) is 0 Å². The number of anilines is 1. The number of carbonyl (C=O) groups is 1. The summed E-state index contributed by atoms with van der Waals surface area (Å²) < 4.78 is 5.08. The molecule has 0 spiro atoms. The van der Waals surface area contributed by atoms with Gasteiger partial charge >= 0.3 is 0 Å². The molecule has 21 heavy (non-hydrogen) atoms. The monoisotopic (exact) mass is 301 g/mol. The van der Waals surface area contributed by atoms with E-state index in [1.165, 1.54) is 6.08 Å². The maximum atomic E-state index is 11.8. The quantitative estimate of drug-likeness (QED) is 0.855. The molecule has 0 saturated heterocycles. The third kappa shape index (κ3) is 4.36. The summed E-state index contributed by atoms with van der Waals surface area (Å²) in [7, 11) is 1.56. The summed E-state index contributed by atoms with van der Waals surface area (Å²) in [5, 5.41) is 3.31. The number of amides is 1. The predicted octanol–water partition coefficient (Wildman–Crippen LogP) is 4.31. The standard InChI is InChI=1S/C17H16ClNO2/c1-12-3-7-14(8-4-12)19-17(20)10-6-13-5-9-16(21-2)15(18)11-13/h3-11H,1-2H3,(H,19,20)/b10-6+. The average Bonchev–Trinajstić information content (AvgIpc) is 2.48. The molecular formula is C17H16ClNO2. The third-order valence-electron chi connectivity index (χ3n) is 2.92. The van der Waals surface area contributed by atoms with E-state index < -0.39 is 0 Å². The molecule has 0 unspecified atom stereocenters. The maximum Gasteiger partial charge on any atom is 0.248 e. The van der Waals surface area contributed by atoms with Crippen LogP contribution in [0.4, 0.5) is 5.69 Å². The molecule has 0 aromatic heterocycles. The van der Waals surface area contributed by atoms with Crippen LogP contribution in [-0.4, -0.2) is 13.0 Å². The van der Waals surface area contributed by atoms with Crippen LogP contribution in [0, 0.1) is 6.92 Å². The van der Waals surface area contributed by atoms with Crippen LogP contribution in [0.15, 0.2) is 48.5 Å². The Morgan fingerprint density at radius 3 is 2.52 bits per heavy atom. The van der Waals surface area contributed by atoms with Gasteiger partial charge in [0.15, 0.2) is 0 Å². The van der Waals surface area contributed by atoms with E-state index >= 15 is 0 Å². The van der Waals surface area contributed by atoms with E-state index in [2.05, 4.69) is 5.32 Å². The van der Waals surface area contributed by atoms with Crippen molar-refractivity contribution in [2.24, 2.45) is 0 Å². The summed E-state index contributed by atoms with van der Waals surface area (Å²) in [4.78, 5) is 11.8. The molecule has 0 bridgehead atoms. The van der Waals surface area contributed by atoms with E-state index in [4.69, 9.17) is 16.3 Å². The molecule has 0 aliphatic rings. The van der Waals surface area contributed by atoms with E-state index in [0.29, 0.717) is 10.8 Å². The Labute approximate surface area is 129 Å². The lowest BCUT2D eigenvalue weighted by Crippen LogP contribution is -2.07. The smallest absolute Gasteiger partial charge is 0.248 e. The molecule has 2 aromatic carbocycles. The summed E-state index contributed by atoms with van der Waals surface area (Å²) in [5.41, 5.74) is 2.75. The zero-order valence-electron chi connectivity index (χ0n) is 11.9. The molecule has 2 rings (SSSR count). The van der Waals surface area contributed by atoms with Crippen LogP contribution in [0.1, 0.15) is 11.1 Å². The van der Waals surface area contributed by atoms with Crippen molar-refractivity contribution >= 4 is 29.3 Å². The van der Waals surface area contributed by atoms with Gasteiger partial charge in [-0.15, -0.1) is 0 Å². The normalized spacial score (nSPS) is 10.6. The highest BCUT2D eigenvalue weighted by atomic mass is 35.5. The minimum atomic E-state index is -0.189. The van der Waals surface area contributed by atoms with Gasteiger partial charge in [0.1, 0.15) is 5.75 Å². The first-order valence-corrected chi connectivity index (χ1v) is 6.85. The molecule has 0 aliphatic carbocycles. The Balaban J connectivity index is 2.01. The van der Waals surface area contributed by atoms with Crippen molar-refractivity contribution < 1.29 is 9.53 Å². The second kappa shape index (κ2) is 6.95. The van der Waals surface area contributed by atoms with Crippen LogP contribution in [-0.2, 0) is 4.79 Å². The van der Waals surface area contributed by atoms with Gasteiger partial charge in [-0.1, -0.05) is 35.4 Å². The number of carbonyl (C=O) groups excluding carboxylic acids is 1. The zero-order valence-corrected chi connectivity index (χ0v) is 12.6. The third-order valence-corrected chi connectivity index (χ3v) is 3.22. The number of benzene rings is 2. The summed E-state index contributed by atoms with van der Waals surface area (Å²) in [6.45, 7) is 2.00. The Morgan fingerprint density at radius 2 is 1.90 bits per heavy atom. The molecule has 1 N–H and O–H groups in total. The summed E-state index contributed by atoms with van der Waals surface area (Å²) in [6.07, 6.45) is 3.17. The fourth-order valence-corrected chi connectivity index (χ4v) is 2.05. The first kappa shape index (κ1) is 15.1. The van der Waals surface area contributed by atoms with E-state index in [0.717, 1.165) is 16.8 Å². The second-order valence-corrected chi connectivity index (χ2v) is 4.99. The SMILES string of the molecule is COc1ccc(/C=C/C(=O)Nc2ccc(C)cc2)cc1Cl. The zero-order chi connectivity index (χ0) is 15.2. The second-order valence-electron chi connectivity index (χ2n) is 4.58. The lowest BCUT2D eigenvalue weighted by Gasteiger charge is -2.04. The van der Waals surface area contributed by atoms with Gasteiger partial charge < -0.3 is 10.1 Å². The number of nitrogens with one attached hydrogen (secondary N) is 1. The van der Waals surface area contributed by atoms with Gasteiger partial charge in [-0.05, 0) is 42.8 Å². The molecule has 108 valence electrons. The Kier molecular flexibility index (Phi) is 5.01. The molecule has 1 amide bonds. The number of ether oxygens (including phenoxy) is 1. The molecule has 0 atom stereocenters. The molecule has 0 aliphatic heterocycles. The fraction of sp³-hybridized carbons (Fsp3) is 0.118. The highest BCUT2D eigenvalue weighted by Crippen LogP contribution is 2.25. The van der Waals surface area contributed by atoms with Crippen molar-refractivity contribution in [3.63, 3.8) is 0 Å². The van der Waals surface area contributed by atoms with Crippen LogP contribution in [0.5, 0.6) is 5.75 Å². The van der Waals surface area contributed by atoms with Gasteiger partial charge in [0.05, 0.1) is 12.1 Å². The molecule has 0 fully saturated rings. The molecular weight excluding hydrogens is 286 g/mol. The number of aryl methyl sites for hydroxylation is 1. The van der Waals surface area contributed by atoms with Gasteiger partial charge in [0.2, 0.25) is 5.91 Å². The Morgan fingerprint density at radius 1 is 1.19 bits per heavy atom.